The monoisotopic (exact) mass is 288 g/mol. The number of nitrogens with zero attached hydrogens (tertiary/aromatic N) is 1. The van der Waals surface area contributed by atoms with Gasteiger partial charge in [0.1, 0.15) is 0 Å². The lowest BCUT2D eigenvalue weighted by molar-refractivity contribution is -0.146. The molecule has 0 spiro atoms. The van der Waals surface area contributed by atoms with E-state index in [1.807, 2.05) is 32.0 Å². The summed E-state index contributed by atoms with van der Waals surface area (Å²) in [5.41, 5.74) is 3.36. The minimum atomic E-state index is -4.16. The molecule has 5 heteroatoms. The zero-order chi connectivity index (χ0) is 15.3. The van der Waals surface area contributed by atoms with Crippen molar-refractivity contribution in [2.75, 3.05) is 26.7 Å². The van der Waals surface area contributed by atoms with Crippen molar-refractivity contribution in [1.29, 1.82) is 0 Å². The largest absolute Gasteiger partial charge is 0.401 e. The van der Waals surface area contributed by atoms with Gasteiger partial charge in [0.05, 0.1) is 6.54 Å². The lowest BCUT2D eigenvalue weighted by Crippen LogP contribution is -2.39. The topological polar surface area (TPSA) is 15.3 Å². The Bertz CT molecular complexity index is 430. The molecule has 0 aliphatic heterocycles. The van der Waals surface area contributed by atoms with Gasteiger partial charge in [-0.2, -0.15) is 13.2 Å². The third kappa shape index (κ3) is 5.13. The molecule has 114 valence electrons. The average molecular weight is 288 g/mol. The molecule has 0 fully saturated rings. The van der Waals surface area contributed by atoms with E-state index in [9.17, 15) is 13.2 Å². The van der Waals surface area contributed by atoms with Crippen LogP contribution >= 0.6 is 0 Å². The molecule has 0 amide bonds. The van der Waals surface area contributed by atoms with Crippen LogP contribution in [0, 0.1) is 13.8 Å². The maximum Gasteiger partial charge on any atom is 0.401 e. The van der Waals surface area contributed by atoms with Gasteiger partial charge in [0, 0.05) is 12.6 Å². The number of alkyl halides is 3. The Hall–Kier alpha value is -1.07. The van der Waals surface area contributed by atoms with E-state index < -0.39 is 12.7 Å². The van der Waals surface area contributed by atoms with Gasteiger partial charge in [0.2, 0.25) is 0 Å². The molecule has 0 radical (unpaired) electrons. The lowest BCUT2D eigenvalue weighted by atomic mass is 10.0. The first-order chi connectivity index (χ1) is 9.26. The van der Waals surface area contributed by atoms with Crippen LogP contribution in [0.3, 0.4) is 0 Å². The second-order valence-corrected chi connectivity index (χ2v) is 5.13. The molecule has 0 aromatic heterocycles. The minimum Gasteiger partial charge on any atom is -0.312 e. The van der Waals surface area contributed by atoms with Gasteiger partial charge in [-0.05, 0) is 44.1 Å². The van der Waals surface area contributed by atoms with E-state index in [2.05, 4.69) is 5.32 Å². The predicted octanol–water partition coefficient (Wildman–Crippen LogP) is 3.45. The van der Waals surface area contributed by atoms with E-state index in [1.54, 1.807) is 14.0 Å². The highest BCUT2D eigenvalue weighted by Crippen LogP contribution is 2.21. The number of likely N-dealkylation sites (N-methyl/N-ethyl adjacent to an activating group) is 2. The summed E-state index contributed by atoms with van der Waals surface area (Å²) in [6.07, 6.45) is -4.16. The van der Waals surface area contributed by atoms with E-state index in [0.717, 1.165) is 11.1 Å². The minimum absolute atomic E-state index is 0.100. The summed E-state index contributed by atoms with van der Waals surface area (Å²) in [7, 11) is 1.78. The first kappa shape index (κ1) is 17.0. The van der Waals surface area contributed by atoms with Crippen LogP contribution in [0.15, 0.2) is 18.2 Å². The summed E-state index contributed by atoms with van der Waals surface area (Å²) in [5.74, 6) is 0. The molecule has 1 unspecified atom stereocenters. The SMILES string of the molecule is CCN(CC(NC)c1ccc(C)c(C)c1)CC(F)(F)F. The van der Waals surface area contributed by atoms with Gasteiger partial charge in [0.15, 0.2) is 0 Å². The molecule has 1 aromatic rings. The van der Waals surface area contributed by atoms with Gasteiger partial charge in [-0.15, -0.1) is 0 Å². The molecular weight excluding hydrogens is 265 g/mol. The maximum atomic E-state index is 12.5. The summed E-state index contributed by atoms with van der Waals surface area (Å²) >= 11 is 0. The Kier molecular flexibility index (Phi) is 6.02. The van der Waals surface area contributed by atoms with Crippen molar-refractivity contribution in [3.63, 3.8) is 0 Å². The molecule has 1 aromatic carbocycles. The summed E-state index contributed by atoms with van der Waals surface area (Å²) in [5, 5.41) is 3.11. The van der Waals surface area contributed by atoms with E-state index in [0.29, 0.717) is 13.1 Å². The smallest absolute Gasteiger partial charge is 0.312 e. The molecular formula is C15H23F3N2. The first-order valence-electron chi connectivity index (χ1n) is 6.80. The number of hydrogen-bond acceptors (Lipinski definition) is 2. The molecule has 0 aliphatic carbocycles. The van der Waals surface area contributed by atoms with E-state index in [4.69, 9.17) is 0 Å². The number of aryl methyl sites for hydroxylation is 2. The highest BCUT2D eigenvalue weighted by Gasteiger charge is 2.31. The van der Waals surface area contributed by atoms with E-state index >= 15 is 0 Å². The van der Waals surface area contributed by atoms with Crippen molar-refractivity contribution >= 4 is 0 Å². The number of hydrogen-bond donors (Lipinski definition) is 1. The Balaban J connectivity index is 2.81. The summed E-state index contributed by atoms with van der Waals surface area (Å²) < 4.78 is 37.5. The summed E-state index contributed by atoms with van der Waals surface area (Å²) in [6.45, 7) is 5.64. The van der Waals surface area contributed by atoms with Gasteiger partial charge in [-0.3, -0.25) is 4.90 Å². The Morgan fingerprint density at radius 2 is 1.85 bits per heavy atom. The van der Waals surface area contributed by atoms with Crippen LogP contribution in [-0.2, 0) is 0 Å². The highest BCUT2D eigenvalue weighted by molar-refractivity contribution is 5.31. The molecule has 0 saturated heterocycles. The molecule has 20 heavy (non-hydrogen) atoms. The Morgan fingerprint density at radius 1 is 1.20 bits per heavy atom. The van der Waals surface area contributed by atoms with Gasteiger partial charge in [-0.1, -0.05) is 25.1 Å². The Morgan fingerprint density at radius 3 is 2.30 bits per heavy atom. The zero-order valence-corrected chi connectivity index (χ0v) is 12.5. The fraction of sp³-hybridized carbons (Fsp3) is 0.600. The van der Waals surface area contributed by atoms with Crippen molar-refractivity contribution in [1.82, 2.24) is 10.2 Å². The van der Waals surface area contributed by atoms with Gasteiger partial charge < -0.3 is 5.32 Å². The van der Waals surface area contributed by atoms with Crippen LogP contribution in [0.2, 0.25) is 0 Å². The highest BCUT2D eigenvalue weighted by atomic mass is 19.4. The third-order valence-corrected chi connectivity index (χ3v) is 3.57. The van der Waals surface area contributed by atoms with Crippen molar-refractivity contribution in [2.45, 2.75) is 33.0 Å². The first-order valence-corrected chi connectivity index (χ1v) is 6.80. The second-order valence-electron chi connectivity index (χ2n) is 5.13. The molecule has 0 saturated carbocycles. The van der Waals surface area contributed by atoms with Crippen LogP contribution in [0.4, 0.5) is 13.2 Å². The van der Waals surface area contributed by atoms with Gasteiger partial charge in [-0.25, -0.2) is 0 Å². The van der Waals surface area contributed by atoms with E-state index in [-0.39, 0.29) is 6.04 Å². The predicted molar refractivity (Wildman–Crippen MR) is 75.9 cm³/mol. The quantitative estimate of drug-likeness (QED) is 0.862. The van der Waals surface area contributed by atoms with Gasteiger partial charge >= 0.3 is 6.18 Å². The number of benzene rings is 1. The number of nitrogens with one attached hydrogen (secondary N) is 1. The van der Waals surface area contributed by atoms with Crippen molar-refractivity contribution in [3.05, 3.63) is 34.9 Å². The van der Waals surface area contributed by atoms with Crippen LogP contribution in [0.1, 0.15) is 29.7 Å². The van der Waals surface area contributed by atoms with Crippen LogP contribution in [-0.4, -0.2) is 37.8 Å². The molecule has 2 nitrogen and oxygen atoms in total. The number of halogens is 3. The fourth-order valence-electron chi connectivity index (χ4n) is 2.16. The maximum absolute atomic E-state index is 12.5. The summed E-state index contributed by atoms with van der Waals surface area (Å²) in [6, 6.07) is 5.93. The lowest BCUT2D eigenvalue weighted by Gasteiger charge is -2.27. The van der Waals surface area contributed by atoms with Crippen LogP contribution in [0.25, 0.3) is 0 Å². The fourth-order valence-corrected chi connectivity index (χ4v) is 2.16. The van der Waals surface area contributed by atoms with Crippen molar-refractivity contribution in [3.8, 4) is 0 Å². The van der Waals surface area contributed by atoms with Gasteiger partial charge in [0.25, 0.3) is 0 Å². The van der Waals surface area contributed by atoms with Crippen molar-refractivity contribution < 1.29 is 13.2 Å². The van der Waals surface area contributed by atoms with Crippen LogP contribution < -0.4 is 5.32 Å². The van der Waals surface area contributed by atoms with E-state index in [1.165, 1.54) is 10.5 Å². The molecule has 0 bridgehead atoms. The molecule has 1 rings (SSSR count). The van der Waals surface area contributed by atoms with Crippen molar-refractivity contribution in [2.24, 2.45) is 0 Å². The molecule has 1 N–H and O–H groups in total. The summed E-state index contributed by atoms with van der Waals surface area (Å²) in [4.78, 5) is 1.41. The average Bonchev–Trinajstić information content (AvgIpc) is 2.36. The molecule has 0 aliphatic rings. The second kappa shape index (κ2) is 7.09. The standard InChI is InChI=1S/C15H23F3N2/c1-5-20(10-15(16,17)18)9-14(19-4)13-7-6-11(2)12(3)8-13/h6-8,14,19H,5,9-10H2,1-4H3. The zero-order valence-electron chi connectivity index (χ0n) is 12.5. The Labute approximate surface area is 119 Å². The molecule has 1 atom stereocenters. The van der Waals surface area contributed by atoms with Crippen LogP contribution in [0.5, 0.6) is 0 Å². The number of rotatable bonds is 6. The normalized spacial score (nSPS) is 13.8. The molecule has 0 heterocycles. The third-order valence-electron chi connectivity index (χ3n) is 3.57.